The van der Waals surface area contributed by atoms with Crippen molar-refractivity contribution in [2.75, 3.05) is 32.7 Å². The van der Waals surface area contributed by atoms with Crippen molar-refractivity contribution in [3.8, 4) is 10.6 Å². The Balaban J connectivity index is 1.21. The zero-order valence-electron chi connectivity index (χ0n) is 17.7. The normalized spacial score (nSPS) is 14.3. The molecule has 0 spiro atoms. The van der Waals surface area contributed by atoms with Gasteiger partial charge < -0.3 is 10.2 Å². The zero-order valence-corrected chi connectivity index (χ0v) is 18.5. The van der Waals surface area contributed by atoms with Gasteiger partial charge in [-0.25, -0.2) is 9.37 Å². The molecule has 1 aliphatic heterocycles. The molecule has 6 nitrogen and oxygen atoms in total. The van der Waals surface area contributed by atoms with Gasteiger partial charge in [-0.15, -0.1) is 11.3 Å². The van der Waals surface area contributed by atoms with E-state index in [4.69, 9.17) is 0 Å². The van der Waals surface area contributed by atoms with Crippen LogP contribution in [-0.2, 0) is 22.6 Å². The fourth-order valence-corrected chi connectivity index (χ4v) is 4.44. The Morgan fingerprint density at radius 3 is 2.56 bits per heavy atom. The summed E-state index contributed by atoms with van der Waals surface area (Å²) in [5.74, 6) is -0.294. The Labute approximate surface area is 190 Å². The topological polar surface area (TPSA) is 65.5 Å². The summed E-state index contributed by atoms with van der Waals surface area (Å²) in [4.78, 5) is 33.3. The van der Waals surface area contributed by atoms with Gasteiger partial charge in [0.25, 0.3) is 0 Å². The summed E-state index contributed by atoms with van der Waals surface area (Å²) in [5.41, 5.74) is 2.48. The summed E-state index contributed by atoms with van der Waals surface area (Å²) >= 11 is 1.41. The first-order valence-corrected chi connectivity index (χ1v) is 11.5. The molecule has 1 aromatic heterocycles. The van der Waals surface area contributed by atoms with Crippen molar-refractivity contribution in [3.63, 3.8) is 0 Å². The van der Waals surface area contributed by atoms with Crippen LogP contribution < -0.4 is 5.32 Å². The molecule has 2 amide bonds. The number of hydrogen-bond acceptors (Lipinski definition) is 5. The Bertz CT molecular complexity index is 1060. The number of hydrogen-bond donors (Lipinski definition) is 1. The number of thiazole rings is 1. The molecule has 166 valence electrons. The van der Waals surface area contributed by atoms with Crippen LogP contribution in [0.2, 0.25) is 0 Å². The molecule has 32 heavy (non-hydrogen) atoms. The molecule has 3 aromatic rings. The van der Waals surface area contributed by atoms with Crippen molar-refractivity contribution in [2.24, 2.45) is 0 Å². The van der Waals surface area contributed by atoms with E-state index in [0.29, 0.717) is 55.5 Å². The molecule has 8 heteroatoms. The molecule has 1 saturated heterocycles. The maximum Gasteiger partial charge on any atom is 0.234 e. The van der Waals surface area contributed by atoms with Crippen LogP contribution in [0.5, 0.6) is 0 Å². The van der Waals surface area contributed by atoms with Crippen LogP contribution in [0, 0.1) is 5.82 Å². The molecule has 1 aliphatic rings. The molecule has 4 rings (SSSR count). The van der Waals surface area contributed by atoms with E-state index in [0.717, 1.165) is 5.56 Å². The van der Waals surface area contributed by atoms with E-state index in [2.05, 4.69) is 15.2 Å². The Morgan fingerprint density at radius 2 is 1.81 bits per heavy atom. The molecule has 0 bridgehead atoms. The number of rotatable bonds is 7. The second kappa shape index (κ2) is 10.5. The zero-order chi connectivity index (χ0) is 22.3. The van der Waals surface area contributed by atoms with E-state index in [9.17, 15) is 14.0 Å². The second-order valence-corrected chi connectivity index (χ2v) is 8.61. The molecule has 0 radical (unpaired) electrons. The first kappa shape index (κ1) is 22.1. The number of piperazine rings is 1. The summed E-state index contributed by atoms with van der Waals surface area (Å²) < 4.78 is 13.4. The number of nitrogens with one attached hydrogen (secondary N) is 1. The highest BCUT2D eigenvalue weighted by atomic mass is 32.1. The predicted octanol–water partition coefficient (Wildman–Crippen LogP) is 2.95. The first-order chi connectivity index (χ1) is 15.6. The van der Waals surface area contributed by atoms with Gasteiger partial charge in [0.1, 0.15) is 10.8 Å². The second-order valence-electron chi connectivity index (χ2n) is 7.75. The maximum absolute atomic E-state index is 13.4. The van der Waals surface area contributed by atoms with Crippen molar-refractivity contribution < 1.29 is 14.0 Å². The molecule has 0 saturated carbocycles. The minimum atomic E-state index is -0.304. The number of amides is 2. The van der Waals surface area contributed by atoms with Crippen LogP contribution in [0.1, 0.15) is 11.3 Å². The standard InChI is InChI=1S/C24H25FN4O2S/c25-20-8-4-7-19(13-20)24-27-21(17-32-24)14-23(31)29-11-9-28(10-12-29)16-22(30)26-15-18-5-2-1-3-6-18/h1-8,13,17H,9-12,14-16H2,(H,26,30). The van der Waals surface area contributed by atoms with Gasteiger partial charge in [0.15, 0.2) is 0 Å². The van der Waals surface area contributed by atoms with Crippen LogP contribution in [0.25, 0.3) is 10.6 Å². The minimum absolute atomic E-state index is 0.0130. The molecule has 1 fully saturated rings. The fourth-order valence-electron chi connectivity index (χ4n) is 3.62. The predicted molar refractivity (Wildman–Crippen MR) is 123 cm³/mol. The lowest BCUT2D eigenvalue weighted by Crippen LogP contribution is -2.51. The number of aromatic nitrogens is 1. The van der Waals surface area contributed by atoms with Crippen molar-refractivity contribution in [1.29, 1.82) is 0 Å². The molecular weight excluding hydrogens is 427 g/mol. The third-order valence-corrected chi connectivity index (χ3v) is 6.32. The van der Waals surface area contributed by atoms with Crippen LogP contribution in [0.15, 0.2) is 60.0 Å². The van der Waals surface area contributed by atoms with E-state index >= 15 is 0 Å². The number of carbonyl (C=O) groups excluding carboxylic acids is 2. The number of nitrogens with zero attached hydrogens (tertiary/aromatic N) is 3. The summed E-state index contributed by atoms with van der Waals surface area (Å²) in [7, 11) is 0. The van der Waals surface area contributed by atoms with E-state index in [1.54, 1.807) is 6.07 Å². The Morgan fingerprint density at radius 1 is 1.03 bits per heavy atom. The summed E-state index contributed by atoms with van der Waals surface area (Å²) in [5, 5.41) is 5.50. The van der Waals surface area contributed by atoms with E-state index in [1.807, 2.05) is 46.7 Å². The fraction of sp³-hybridized carbons (Fsp3) is 0.292. The molecule has 1 N–H and O–H groups in total. The quantitative estimate of drug-likeness (QED) is 0.599. The summed E-state index contributed by atoms with van der Waals surface area (Å²) in [6.07, 6.45) is 0.226. The number of halogens is 1. The number of benzene rings is 2. The van der Waals surface area contributed by atoms with Crippen LogP contribution >= 0.6 is 11.3 Å². The van der Waals surface area contributed by atoms with Gasteiger partial charge in [-0.2, -0.15) is 0 Å². The van der Waals surface area contributed by atoms with Crippen molar-refractivity contribution in [2.45, 2.75) is 13.0 Å². The third-order valence-electron chi connectivity index (χ3n) is 5.38. The average Bonchev–Trinajstić information content (AvgIpc) is 3.27. The smallest absolute Gasteiger partial charge is 0.234 e. The van der Waals surface area contributed by atoms with Crippen LogP contribution in [-0.4, -0.2) is 59.3 Å². The molecule has 2 heterocycles. The van der Waals surface area contributed by atoms with Crippen LogP contribution in [0.4, 0.5) is 4.39 Å². The van der Waals surface area contributed by atoms with E-state index in [-0.39, 0.29) is 24.1 Å². The highest BCUT2D eigenvalue weighted by molar-refractivity contribution is 7.13. The minimum Gasteiger partial charge on any atom is -0.351 e. The van der Waals surface area contributed by atoms with Gasteiger partial charge in [0, 0.05) is 43.7 Å². The summed E-state index contributed by atoms with van der Waals surface area (Å²) in [6.45, 7) is 3.35. The third kappa shape index (κ3) is 5.99. The maximum atomic E-state index is 13.4. The van der Waals surface area contributed by atoms with Gasteiger partial charge in [0.05, 0.1) is 18.7 Å². The van der Waals surface area contributed by atoms with Gasteiger partial charge >= 0.3 is 0 Å². The summed E-state index contributed by atoms with van der Waals surface area (Å²) in [6, 6.07) is 16.1. The lowest BCUT2D eigenvalue weighted by molar-refractivity contribution is -0.132. The highest BCUT2D eigenvalue weighted by Crippen LogP contribution is 2.24. The number of carbonyl (C=O) groups is 2. The van der Waals surface area contributed by atoms with Gasteiger partial charge in [-0.3, -0.25) is 14.5 Å². The molecule has 0 unspecified atom stereocenters. The average molecular weight is 453 g/mol. The molecule has 2 aromatic carbocycles. The first-order valence-electron chi connectivity index (χ1n) is 10.6. The lowest BCUT2D eigenvalue weighted by atomic mass is 10.2. The Kier molecular flexibility index (Phi) is 7.24. The molecule has 0 atom stereocenters. The van der Waals surface area contributed by atoms with Crippen LogP contribution in [0.3, 0.4) is 0 Å². The van der Waals surface area contributed by atoms with Gasteiger partial charge in [0.2, 0.25) is 11.8 Å². The molecule has 0 aliphatic carbocycles. The SMILES string of the molecule is O=C(CN1CCN(C(=O)Cc2csc(-c3cccc(F)c3)n2)CC1)NCc1ccccc1. The van der Waals surface area contributed by atoms with Gasteiger partial charge in [-0.05, 0) is 17.7 Å². The van der Waals surface area contributed by atoms with E-state index in [1.165, 1.54) is 23.5 Å². The highest BCUT2D eigenvalue weighted by Gasteiger charge is 2.23. The Hall–Kier alpha value is -3.10. The largest absolute Gasteiger partial charge is 0.351 e. The van der Waals surface area contributed by atoms with Gasteiger partial charge in [-0.1, -0.05) is 42.5 Å². The molecular formula is C24H25FN4O2S. The van der Waals surface area contributed by atoms with E-state index < -0.39 is 0 Å². The van der Waals surface area contributed by atoms with Crippen molar-refractivity contribution in [1.82, 2.24) is 20.1 Å². The lowest BCUT2D eigenvalue weighted by Gasteiger charge is -2.34. The monoisotopic (exact) mass is 452 g/mol. The van der Waals surface area contributed by atoms with Crippen molar-refractivity contribution >= 4 is 23.2 Å². The van der Waals surface area contributed by atoms with Crippen molar-refractivity contribution in [3.05, 3.63) is 77.1 Å².